The molecule has 9 heteroatoms. The van der Waals surface area contributed by atoms with Crippen LogP contribution in [0.4, 0.5) is 23.2 Å². The summed E-state index contributed by atoms with van der Waals surface area (Å²) in [6.07, 6.45) is -0.356. The van der Waals surface area contributed by atoms with E-state index < -0.39 is 36.3 Å². The molecule has 1 amide bonds. The average molecular weight is 616 g/mol. The number of amides is 1. The van der Waals surface area contributed by atoms with Crippen molar-refractivity contribution in [2.24, 2.45) is 0 Å². The van der Waals surface area contributed by atoms with E-state index in [2.05, 4.69) is 41.3 Å². The van der Waals surface area contributed by atoms with Gasteiger partial charge in [0.25, 0.3) is 0 Å². The maximum absolute atomic E-state index is 14.2. The van der Waals surface area contributed by atoms with Crippen molar-refractivity contribution in [3.63, 3.8) is 0 Å². The molecule has 1 fully saturated rings. The van der Waals surface area contributed by atoms with E-state index in [-0.39, 0.29) is 24.6 Å². The largest absolute Gasteiger partial charge is 0.490 e. The zero-order valence-corrected chi connectivity index (χ0v) is 24.6. The average Bonchev–Trinajstić information content (AvgIpc) is 3.51. The third-order valence-electron chi connectivity index (χ3n) is 8.42. The number of ether oxygens (including phenoxy) is 1. The molecule has 0 atom stereocenters. The molecule has 5 nitrogen and oxygen atoms in total. The van der Waals surface area contributed by atoms with Gasteiger partial charge in [0.05, 0.1) is 18.7 Å². The minimum Gasteiger partial charge on any atom is -0.490 e. The van der Waals surface area contributed by atoms with Gasteiger partial charge in [0.1, 0.15) is 24.6 Å². The maximum Gasteiger partial charge on any atom is 0.419 e. The molecule has 45 heavy (non-hydrogen) atoms. The van der Waals surface area contributed by atoms with Crippen LogP contribution < -0.4 is 9.64 Å². The molecule has 1 saturated heterocycles. The summed E-state index contributed by atoms with van der Waals surface area (Å²) >= 11 is 0. The van der Waals surface area contributed by atoms with Gasteiger partial charge in [-0.05, 0) is 34.7 Å². The fourth-order valence-electron chi connectivity index (χ4n) is 6.18. The van der Waals surface area contributed by atoms with E-state index in [0.29, 0.717) is 18.8 Å². The highest BCUT2D eigenvalue weighted by atomic mass is 19.4. The van der Waals surface area contributed by atoms with E-state index in [1.807, 2.05) is 71.9 Å². The van der Waals surface area contributed by atoms with Crippen molar-refractivity contribution in [3.05, 3.63) is 143 Å². The minimum absolute atomic E-state index is 0.201. The number of hydrogen-bond acceptors (Lipinski definition) is 4. The van der Waals surface area contributed by atoms with Crippen LogP contribution >= 0.6 is 0 Å². The van der Waals surface area contributed by atoms with Gasteiger partial charge in [0.15, 0.2) is 0 Å². The molecule has 0 N–H and O–H groups in total. The van der Waals surface area contributed by atoms with Crippen LogP contribution in [0, 0.1) is 0 Å². The molecule has 0 aromatic heterocycles. The first-order valence-corrected chi connectivity index (χ1v) is 14.9. The number of likely N-dealkylation sites (tertiary alicyclic amines) is 1. The van der Waals surface area contributed by atoms with Crippen molar-refractivity contribution in [2.45, 2.75) is 24.6 Å². The molecule has 0 unspecified atom stereocenters. The van der Waals surface area contributed by atoms with Crippen LogP contribution in [0.2, 0.25) is 0 Å². The summed E-state index contributed by atoms with van der Waals surface area (Å²) in [5.74, 6) is -0.706. The predicted molar refractivity (Wildman–Crippen MR) is 165 cm³/mol. The fourth-order valence-corrected chi connectivity index (χ4v) is 6.18. The lowest BCUT2D eigenvalue weighted by Crippen LogP contribution is -2.46. The van der Waals surface area contributed by atoms with Crippen molar-refractivity contribution in [3.8, 4) is 5.75 Å². The molecule has 0 radical (unpaired) electrons. The molecule has 0 aliphatic carbocycles. The second kappa shape index (κ2) is 12.7. The summed E-state index contributed by atoms with van der Waals surface area (Å²) in [7, 11) is 0. The van der Waals surface area contributed by atoms with Crippen molar-refractivity contribution in [2.75, 3.05) is 37.9 Å². The van der Waals surface area contributed by atoms with Gasteiger partial charge in [0, 0.05) is 37.2 Å². The van der Waals surface area contributed by atoms with Crippen LogP contribution in [0.25, 0.3) is 0 Å². The number of anilines is 1. The smallest absolute Gasteiger partial charge is 0.419 e. The molecule has 0 spiro atoms. The van der Waals surface area contributed by atoms with Crippen molar-refractivity contribution < 1.29 is 27.1 Å². The van der Waals surface area contributed by atoms with Gasteiger partial charge in [-0.1, -0.05) is 91.0 Å². The van der Waals surface area contributed by atoms with Crippen molar-refractivity contribution in [1.82, 2.24) is 9.80 Å². The zero-order chi connectivity index (χ0) is 31.4. The number of rotatable bonds is 10. The number of nitrogens with zero attached hydrogens (tertiary/aromatic N) is 3. The summed E-state index contributed by atoms with van der Waals surface area (Å²) in [6.45, 7) is -0.0353. The minimum atomic E-state index is -4.76. The van der Waals surface area contributed by atoms with E-state index >= 15 is 0 Å². The molecular weight excluding hydrogens is 582 g/mol. The monoisotopic (exact) mass is 615 g/mol. The SMILES string of the molecule is O=C(Cc1cc(C(F)(F)F)c(OCCF)cc1N1C=CN(C(c2ccccc2)(c2ccccc2)c2ccccc2)C1)N1CCC1. The predicted octanol–water partition coefficient (Wildman–Crippen LogP) is 7.37. The van der Waals surface area contributed by atoms with E-state index in [9.17, 15) is 22.4 Å². The van der Waals surface area contributed by atoms with Gasteiger partial charge in [-0.3, -0.25) is 4.79 Å². The molecule has 2 aliphatic rings. The number of alkyl halides is 4. The molecule has 6 rings (SSSR count). The Hall–Kier alpha value is -4.79. The van der Waals surface area contributed by atoms with E-state index in [4.69, 9.17) is 4.74 Å². The van der Waals surface area contributed by atoms with Gasteiger partial charge in [-0.25, -0.2) is 4.39 Å². The Labute approximate surface area is 259 Å². The first-order chi connectivity index (χ1) is 21.8. The third-order valence-corrected chi connectivity index (χ3v) is 8.42. The zero-order valence-electron chi connectivity index (χ0n) is 24.6. The molecule has 4 aromatic rings. The molecular formula is C36H33F4N3O2. The summed E-state index contributed by atoms with van der Waals surface area (Å²) in [5.41, 5.74) is 1.79. The van der Waals surface area contributed by atoms with Gasteiger partial charge >= 0.3 is 6.18 Å². The Bertz CT molecular complexity index is 1550. The van der Waals surface area contributed by atoms with Crippen molar-refractivity contribution >= 4 is 11.6 Å². The fraction of sp³-hybridized carbons (Fsp3) is 0.250. The lowest BCUT2D eigenvalue weighted by molar-refractivity contribution is -0.139. The van der Waals surface area contributed by atoms with E-state index in [1.165, 1.54) is 6.07 Å². The lowest BCUT2D eigenvalue weighted by Gasteiger charge is -2.44. The second-order valence-electron chi connectivity index (χ2n) is 11.1. The van der Waals surface area contributed by atoms with Crippen LogP contribution in [0.5, 0.6) is 5.75 Å². The molecule has 2 aliphatic heterocycles. The van der Waals surface area contributed by atoms with Crippen LogP contribution in [0.3, 0.4) is 0 Å². The molecule has 0 bridgehead atoms. The lowest BCUT2D eigenvalue weighted by atomic mass is 9.76. The molecule has 2 heterocycles. The molecule has 232 valence electrons. The van der Waals surface area contributed by atoms with Gasteiger partial charge in [-0.15, -0.1) is 0 Å². The first kappa shape index (κ1) is 30.2. The third kappa shape index (κ3) is 5.87. The van der Waals surface area contributed by atoms with E-state index in [1.54, 1.807) is 4.90 Å². The van der Waals surface area contributed by atoms with E-state index in [0.717, 1.165) is 29.2 Å². The summed E-state index contributed by atoms with van der Waals surface area (Å²) in [5, 5.41) is 0. The highest BCUT2D eigenvalue weighted by Gasteiger charge is 2.43. The number of carbonyl (C=O) groups is 1. The maximum atomic E-state index is 14.2. The number of carbonyl (C=O) groups excluding carboxylic acids is 1. The Balaban J connectivity index is 1.47. The normalized spacial score (nSPS) is 14.9. The molecule has 0 saturated carbocycles. The van der Waals surface area contributed by atoms with Crippen LogP contribution in [-0.2, 0) is 22.9 Å². The van der Waals surface area contributed by atoms with Crippen LogP contribution in [-0.4, -0.2) is 48.7 Å². The van der Waals surface area contributed by atoms with Crippen LogP contribution in [0.15, 0.2) is 116 Å². The summed E-state index contributed by atoms with van der Waals surface area (Å²) in [6, 6.07) is 32.4. The molecule has 4 aromatic carbocycles. The number of hydrogen-bond donors (Lipinski definition) is 0. The summed E-state index contributed by atoms with van der Waals surface area (Å²) < 4.78 is 61.0. The standard InChI is InChI=1S/C36H33F4N3O2/c37-17-22-45-33-25-32(27(23-31(33)36(38,39)40)24-34(44)41-18-10-19-41)42-20-21-43(26-42)35(28-11-4-1-5-12-28,29-13-6-2-7-14-29)30-15-8-3-9-16-30/h1-9,11-16,20-21,23,25H,10,17-19,22,24,26H2. The number of halogens is 4. The van der Waals surface area contributed by atoms with Gasteiger partial charge < -0.3 is 19.4 Å². The quantitative estimate of drug-likeness (QED) is 0.138. The Kier molecular flexibility index (Phi) is 8.52. The highest BCUT2D eigenvalue weighted by molar-refractivity contribution is 5.82. The summed E-state index contributed by atoms with van der Waals surface area (Å²) in [4.78, 5) is 18.7. The number of benzene rings is 4. The second-order valence-corrected chi connectivity index (χ2v) is 11.1. The Morgan fingerprint density at radius 1 is 0.778 bits per heavy atom. The Morgan fingerprint density at radius 2 is 1.33 bits per heavy atom. The van der Waals surface area contributed by atoms with Crippen LogP contribution in [0.1, 0.15) is 34.2 Å². The first-order valence-electron chi connectivity index (χ1n) is 14.9. The Morgan fingerprint density at radius 3 is 1.80 bits per heavy atom. The highest BCUT2D eigenvalue weighted by Crippen LogP contribution is 2.46. The van der Waals surface area contributed by atoms with Gasteiger partial charge in [-0.2, -0.15) is 13.2 Å². The topological polar surface area (TPSA) is 36.0 Å². The van der Waals surface area contributed by atoms with Gasteiger partial charge in [0.2, 0.25) is 5.91 Å². The van der Waals surface area contributed by atoms with Crippen molar-refractivity contribution in [1.29, 1.82) is 0 Å².